The molecule has 0 heterocycles. The summed E-state index contributed by atoms with van der Waals surface area (Å²) < 4.78 is 2.72. The molecule has 1 aliphatic rings. The Morgan fingerprint density at radius 1 is 1.36 bits per heavy atom. The van der Waals surface area contributed by atoms with Crippen LogP contribution in [0, 0.1) is 0 Å². The van der Waals surface area contributed by atoms with Crippen molar-refractivity contribution in [2.45, 2.75) is 44.6 Å². The molecule has 0 radical (unpaired) electrons. The molecule has 0 atom stereocenters. The van der Waals surface area contributed by atoms with E-state index in [1.165, 1.54) is 41.8 Å². The van der Waals surface area contributed by atoms with Gasteiger partial charge in [-0.15, -0.1) is 0 Å². The summed E-state index contributed by atoms with van der Waals surface area (Å²) in [6.45, 7) is 3.64. The Kier molecular flexibility index (Phi) is 4.41. The lowest BCUT2D eigenvalue weighted by Crippen LogP contribution is -2.28. The van der Waals surface area contributed by atoms with Gasteiger partial charge in [0.2, 0.25) is 0 Å². The fraction of sp³-hybridized carbons (Fsp3) is 1.00. The van der Waals surface area contributed by atoms with Crippen LogP contribution in [0.2, 0.25) is 5.54 Å². The van der Waals surface area contributed by atoms with Crippen LogP contribution in [0.5, 0.6) is 0 Å². The molecule has 0 spiro atoms. The third kappa shape index (κ3) is 3.53. The molecule has 0 bridgehead atoms. The monoisotopic (exact) mass is 187 g/mol. The second-order valence-corrected chi connectivity index (χ2v) is 8.99. The molecule has 0 N–H and O–H groups in total. The van der Waals surface area contributed by atoms with Gasteiger partial charge in [-0.25, -0.2) is 0 Å². The first-order chi connectivity index (χ1) is 5.33. The highest BCUT2D eigenvalue weighted by molar-refractivity contribution is 6.43. The van der Waals surface area contributed by atoms with E-state index in [2.05, 4.69) is 11.2 Å². The van der Waals surface area contributed by atoms with Crippen LogP contribution in [0.3, 0.4) is 0 Å². The normalized spacial score (nSPS) is 22.4. The SMILES string of the molecule is CCN([SiH3])[SiH2]C1CCCCC1. The Balaban J connectivity index is 2.13. The summed E-state index contributed by atoms with van der Waals surface area (Å²) in [6.07, 6.45) is 7.68. The van der Waals surface area contributed by atoms with Crippen molar-refractivity contribution in [1.29, 1.82) is 0 Å². The van der Waals surface area contributed by atoms with Crippen molar-refractivity contribution in [2.75, 3.05) is 6.54 Å². The van der Waals surface area contributed by atoms with E-state index in [9.17, 15) is 0 Å². The molecule has 0 aliphatic heterocycles. The summed E-state index contributed by atoms with van der Waals surface area (Å²) in [5.41, 5.74) is 1.18. The number of hydrogen-bond donors (Lipinski definition) is 0. The lowest BCUT2D eigenvalue weighted by Gasteiger charge is -2.25. The van der Waals surface area contributed by atoms with Crippen LogP contribution in [0.4, 0.5) is 0 Å². The summed E-state index contributed by atoms with van der Waals surface area (Å²) in [7, 11) is 1.50. The van der Waals surface area contributed by atoms with E-state index < -0.39 is 0 Å². The van der Waals surface area contributed by atoms with Crippen LogP contribution < -0.4 is 0 Å². The average Bonchev–Trinajstić information content (AvgIpc) is 2.06. The zero-order chi connectivity index (χ0) is 8.10. The molecule has 1 saturated carbocycles. The van der Waals surface area contributed by atoms with Gasteiger partial charge in [0.05, 0.1) is 20.1 Å². The molecule has 0 saturated heterocycles. The molecule has 0 aromatic carbocycles. The molecule has 66 valence electrons. The summed E-state index contributed by atoms with van der Waals surface area (Å²) in [5.74, 6) is 0. The van der Waals surface area contributed by atoms with Crippen molar-refractivity contribution in [3.05, 3.63) is 0 Å². The van der Waals surface area contributed by atoms with E-state index >= 15 is 0 Å². The maximum atomic E-state index is 2.72. The zero-order valence-corrected chi connectivity index (χ0v) is 11.4. The van der Waals surface area contributed by atoms with Crippen LogP contribution in [-0.2, 0) is 0 Å². The smallest absolute Gasteiger partial charge is 0.0900 e. The maximum absolute atomic E-state index is 2.72. The van der Waals surface area contributed by atoms with Gasteiger partial charge in [-0.2, -0.15) is 0 Å². The molecule has 1 fully saturated rings. The third-order valence-electron chi connectivity index (χ3n) is 2.83. The van der Waals surface area contributed by atoms with Gasteiger partial charge in [0.15, 0.2) is 0 Å². The zero-order valence-electron chi connectivity index (χ0n) is 7.97. The van der Waals surface area contributed by atoms with E-state index in [-0.39, 0.29) is 9.68 Å². The van der Waals surface area contributed by atoms with E-state index in [4.69, 9.17) is 0 Å². The maximum Gasteiger partial charge on any atom is 0.0900 e. The Hall–Kier alpha value is 0.394. The minimum absolute atomic E-state index is 0.185. The van der Waals surface area contributed by atoms with E-state index in [1.807, 2.05) is 0 Å². The lowest BCUT2D eigenvalue weighted by atomic mass is 10.0. The molecule has 11 heavy (non-hydrogen) atoms. The van der Waals surface area contributed by atoms with Gasteiger partial charge in [0, 0.05) is 0 Å². The summed E-state index contributed by atoms with van der Waals surface area (Å²) in [4.78, 5) is 0. The van der Waals surface area contributed by atoms with Crippen molar-refractivity contribution in [1.82, 2.24) is 4.23 Å². The Morgan fingerprint density at radius 2 is 2.00 bits per heavy atom. The van der Waals surface area contributed by atoms with Crippen molar-refractivity contribution >= 4 is 20.1 Å². The van der Waals surface area contributed by atoms with E-state index in [0.717, 1.165) is 0 Å². The van der Waals surface area contributed by atoms with Crippen molar-refractivity contribution in [3.8, 4) is 0 Å². The highest BCUT2D eigenvalue weighted by atomic mass is 28.3. The van der Waals surface area contributed by atoms with Gasteiger partial charge < -0.3 is 4.23 Å². The van der Waals surface area contributed by atoms with Gasteiger partial charge in [-0.05, 0) is 12.1 Å². The molecular weight excluding hydrogens is 166 g/mol. The second-order valence-electron chi connectivity index (χ2n) is 3.86. The largest absolute Gasteiger partial charge is 0.358 e. The topological polar surface area (TPSA) is 3.24 Å². The molecule has 1 rings (SSSR count). The van der Waals surface area contributed by atoms with Crippen LogP contribution in [0.1, 0.15) is 39.0 Å². The van der Waals surface area contributed by atoms with Crippen LogP contribution in [0.25, 0.3) is 0 Å². The summed E-state index contributed by atoms with van der Waals surface area (Å²) in [6, 6.07) is 0. The standard InChI is InChI=1S/C8H21NSi2/c1-2-9(10)11-8-6-4-3-5-7-8/h8H,2-7,11H2,1,10H3. The molecule has 0 aromatic heterocycles. The second kappa shape index (κ2) is 5.11. The van der Waals surface area contributed by atoms with Crippen LogP contribution in [-0.4, -0.2) is 30.9 Å². The van der Waals surface area contributed by atoms with Crippen LogP contribution in [0.15, 0.2) is 0 Å². The highest BCUT2D eigenvalue weighted by Crippen LogP contribution is 2.27. The molecule has 1 aliphatic carbocycles. The van der Waals surface area contributed by atoms with Gasteiger partial charge in [0.1, 0.15) is 0 Å². The first-order valence-corrected chi connectivity index (χ1v) is 7.35. The fourth-order valence-corrected chi connectivity index (χ4v) is 5.57. The minimum Gasteiger partial charge on any atom is -0.358 e. The molecule has 1 nitrogen and oxygen atoms in total. The van der Waals surface area contributed by atoms with Crippen molar-refractivity contribution < 1.29 is 0 Å². The van der Waals surface area contributed by atoms with E-state index in [0.29, 0.717) is 0 Å². The Bertz CT molecular complexity index is 102. The van der Waals surface area contributed by atoms with E-state index in [1.54, 1.807) is 12.8 Å². The predicted octanol–water partition coefficient (Wildman–Crippen LogP) is 0.425. The predicted molar refractivity (Wildman–Crippen MR) is 57.7 cm³/mol. The molecule has 0 amide bonds. The Labute approximate surface area is 76.0 Å². The van der Waals surface area contributed by atoms with Crippen molar-refractivity contribution in [3.63, 3.8) is 0 Å². The molecule has 0 unspecified atom stereocenters. The Morgan fingerprint density at radius 3 is 2.55 bits per heavy atom. The first kappa shape index (κ1) is 9.48. The van der Waals surface area contributed by atoms with Crippen LogP contribution >= 0.6 is 0 Å². The number of hydrogen-bond acceptors (Lipinski definition) is 1. The van der Waals surface area contributed by atoms with Gasteiger partial charge >= 0.3 is 0 Å². The van der Waals surface area contributed by atoms with Gasteiger partial charge in [0.25, 0.3) is 0 Å². The minimum atomic E-state index is 0.185. The summed E-state index contributed by atoms with van der Waals surface area (Å²) in [5, 5.41) is 0. The molecule has 3 heteroatoms. The number of nitrogens with zero attached hydrogens (tertiary/aromatic N) is 1. The quantitative estimate of drug-likeness (QED) is 0.579. The summed E-state index contributed by atoms with van der Waals surface area (Å²) >= 11 is 0. The lowest BCUT2D eigenvalue weighted by molar-refractivity contribution is 0.489. The first-order valence-electron chi connectivity index (χ1n) is 5.01. The van der Waals surface area contributed by atoms with Gasteiger partial charge in [-0.1, -0.05) is 39.0 Å². The average molecular weight is 187 g/mol. The fourth-order valence-electron chi connectivity index (χ4n) is 1.94. The van der Waals surface area contributed by atoms with Gasteiger partial charge in [-0.3, -0.25) is 0 Å². The third-order valence-corrected chi connectivity index (χ3v) is 6.97. The molecule has 0 aromatic rings. The van der Waals surface area contributed by atoms with Crippen molar-refractivity contribution in [2.24, 2.45) is 0 Å². The number of rotatable bonds is 3. The highest BCUT2D eigenvalue weighted by Gasteiger charge is 2.14. The molecular formula is C8H21NSi2.